The number of likely N-dealkylation sites (tertiary alicyclic amines) is 1. The van der Waals surface area contributed by atoms with Gasteiger partial charge in [-0.05, 0) is 55.5 Å². The summed E-state index contributed by atoms with van der Waals surface area (Å²) in [7, 11) is 1.51. The van der Waals surface area contributed by atoms with Gasteiger partial charge in [0.15, 0.2) is 5.76 Å². The van der Waals surface area contributed by atoms with Gasteiger partial charge in [0.05, 0.1) is 12.8 Å². The zero-order valence-corrected chi connectivity index (χ0v) is 18.7. The van der Waals surface area contributed by atoms with Gasteiger partial charge in [0.2, 0.25) is 0 Å². The van der Waals surface area contributed by atoms with E-state index in [0.717, 1.165) is 23.8 Å². The molecule has 2 aromatic carbocycles. The SMILES string of the molecule is COc1ccc(C)cc1NC(=O)C(=O)NCC1CCN(C(=O)c2cc3ccccc3o2)CC1. The number of furan rings is 1. The van der Waals surface area contributed by atoms with Crippen LogP contribution in [0, 0.1) is 12.8 Å². The molecule has 0 atom stereocenters. The summed E-state index contributed by atoms with van der Waals surface area (Å²) in [5, 5.41) is 6.21. The number of para-hydroxylation sites is 1. The lowest BCUT2D eigenvalue weighted by Gasteiger charge is -2.31. The maximum atomic E-state index is 12.8. The molecule has 3 amide bonds. The van der Waals surface area contributed by atoms with Crippen molar-refractivity contribution in [2.75, 3.05) is 32.1 Å². The molecule has 3 aromatic rings. The number of hydrogen-bond acceptors (Lipinski definition) is 5. The quantitative estimate of drug-likeness (QED) is 0.582. The van der Waals surface area contributed by atoms with E-state index >= 15 is 0 Å². The maximum Gasteiger partial charge on any atom is 0.313 e. The van der Waals surface area contributed by atoms with E-state index in [1.807, 2.05) is 37.3 Å². The molecule has 1 fully saturated rings. The Hall–Kier alpha value is -3.81. The standard InChI is InChI=1S/C25H27N3O5/c1-16-7-8-21(32-2)19(13-16)27-24(30)23(29)26-15-17-9-11-28(12-10-17)25(31)22-14-18-5-3-4-6-20(18)33-22/h3-8,13-14,17H,9-12,15H2,1-2H3,(H,26,29)(H,27,30). The minimum absolute atomic E-state index is 0.125. The number of nitrogens with one attached hydrogen (secondary N) is 2. The number of anilines is 1. The Morgan fingerprint density at radius 3 is 2.55 bits per heavy atom. The molecule has 8 heteroatoms. The fraction of sp³-hybridized carbons (Fsp3) is 0.320. The highest BCUT2D eigenvalue weighted by Crippen LogP contribution is 2.25. The van der Waals surface area contributed by atoms with Crippen molar-refractivity contribution in [3.05, 3.63) is 59.9 Å². The zero-order valence-electron chi connectivity index (χ0n) is 18.7. The van der Waals surface area contributed by atoms with Crippen molar-refractivity contribution >= 4 is 34.4 Å². The fourth-order valence-corrected chi connectivity index (χ4v) is 4.00. The van der Waals surface area contributed by atoms with Gasteiger partial charge in [-0.3, -0.25) is 14.4 Å². The molecule has 0 saturated carbocycles. The number of nitrogens with zero attached hydrogens (tertiary/aromatic N) is 1. The van der Waals surface area contributed by atoms with E-state index in [9.17, 15) is 14.4 Å². The summed E-state index contributed by atoms with van der Waals surface area (Å²) in [5.41, 5.74) is 2.09. The van der Waals surface area contributed by atoms with Crippen molar-refractivity contribution in [3.8, 4) is 5.75 Å². The number of rotatable bonds is 5. The minimum atomic E-state index is -0.739. The molecular weight excluding hydrogens is 422 g/mol. The first kappa shape index (κ1) is 22.4. The van der Waals surface area contributed by atoms with Crippen molar-refractivity contribution in [2.45, 2.75) is 19.8 Å². The van der Waals surface area contributed by atoms with Crippen LogP contribution < -0.4 is 15.4 Å². The average Bonchev–Trinajstić information content (AvgIpc) is 3.27. The van der Waals surface area contributed by atoms with Crippen LogP contribution in [-0.4, -0.2) is 49.4 Å². The number of carbonyl (C=O) groups is 3. The van der Waals surface area contributed by atoms with Gasteiger partial charge in [-0.1, -0.05) is 24.3 Å². The first-order valence-electron chi connectivity index (χ1n) is 11.0. The molecular formula is C25H27N3O5. The summed E-state index contributed by atoms with van der Waals surface area (Å²) in [5.74, 6) is -0.541. The normalized spacial score (nSPS) is 14.2. The molecule has 1 aliphatic rings. The first-order valence-corrected chi connectivity index (χ1v) is 11.0. The minimum Gasteiger partial charge on any atom is -0.495 e. The van der Waals surface area contributed by atoms with Crippen molar-refractivity contribution in [3.63, 3.8) is 0 Å². The second-order valence-electron chi connectivity index (χ2n) is 8.25. The topological polar surface area (TPSA) is 101 Å². The van der Waals surface area contributed by atoms with Crippen LogP contribution in [0.3, 0.4) is 0 Å². The second kappa shape index (κ2) is 9.77. The van der Waals surface area contributed by atoms with E-state index in [2.05, 4.69) is 10.6 Å². The molecule has 0 unspecified atom stereocenters. The molecule has 8 nitrogen and oxygen atoms in total. The number of ether oxygens (including phenoxy) is 1. The summed E-state index contributed by atoms with van der Waals surface area (Å²) in [6.07, 6.45) is 1.47. The zero-order chi connectivity index (χ0) is 23.4. The Kier molecular flexibility index (Phi) is 6.63. The van der Waals surface area contributed by atoms with Crippen LogP contribution >= 0.6 is 0 Å². The van der Waals surface area contributed by atoms with E-state index in [4.69, 9.17) is 9.15 Å². The number of amides is 3. The van der Waals surface area contributed by atoms with E-state index in [0.29, 0.717) is 42.4 Å². The predicted molar refractivity (Wildman–Crippen MR) is 124 cm³/mol. The van der Waals surface area contributed by atoms with Crippen LogP contribution in [0.2, 0.25) is 0 Å². The highest BCUT2D eigenvalue weighted by Gasteiger charge is 2.26. The number of fused-ring (bicyclic) bond motifs is 1. The van der Waals surface area contributed by atoms with E-state index in [1.54, 1.807) is 23.1 Å². The van der Waals surface area contributed by atoms with Crippen molar-refractivity contribution in [2.24, 2.45) is 5.92 Å². The highest BCUT2D eigenvalue weighted by molar-refractivity contribution is 6.39. The van der Waals surface area contributed by atoms with Crippen molar-refractivity contribution < 1.29 is 23.5 Å². The van der Waals surface area contributed by atoms with Crippen LogP contribution in [0.1, 0.15) is 29.0 Å². The van der Waals surface area contributed by atoms with Crippen LogP contribution in [0.4, 0.5) is 5.69 Å². The van der Waals surface area contributed by atoms with Gasteiger partial charge in [0.1, 0.15) is 11.3 Å². The second-order valence-corrected chi connectivity index (χ2v) is 8.25. The van der Waals surface area contributed by atoms with Crippen LogP contribution in [0.5, 0.6) is 5.75 Å². The van der Waals surface area contributed by atoms with Gasteiger partial charge in [-0.2, -0.15) is 0 Å². The molecule has 172 valence electrons. The van der Waals surface area contributed by atoms with E-state index in [-0.39, 0.29) is 11.8 Å². The Morgan fingerprint density at radius 2 is 1.82 bits per heavy atom. The van der Waals surface area contributed by atoms with Crippen LogP contribution in [0.15, 0.2) is 52.9 Å². The van der Waals surface area contributed by atoms with Gasteiger partial charge in [0, 0.05) is 25.0 Å². The number of piperidine rings is 1. The molecule has 4 rings (SSSR count). The molecule has 2 heterocycles. The van der Waals surface area contributed by atoms with Gasteiger partial charge in [-0.15, -0.1) is 0 Å². The summed E-state index contributed by atoms with van der Waals surface area (Å²) >= 11 is 0. The highest BCUT2D eigenvalue weighted by atomic mass is 16.5. The summed E-state index contributed by atoms with van der Waals surface area (Å²) < 4.78 is 10.9. The number of methoxy groups -OCH3 is 1. The molecule has 0 spiro atoms. The molecule has 1 aromatic heterocycles. The summed E-state index contributed by atoms with van der Waals surface area (Å²) in [6, 6.07) is 14.6. The maximum absolute atomic E-state index is 12.8. The molecule has 0 aliphatic carbocycles. The van der Waals surface area contributed by atoms with Gasteiger partial charge in [-0.25, -0.2) is 0 Å². The molecule has 33 heavy (non-hydrogen) atoms. The summed E-state index contributed by atoms with van der Waals surface area (Å²) in [6.45, 7) is 3.41. The smallest absolute Gasteiger partial charge is 0.313 e. The lowest BCUT2D eigenvalue weighted by Crippen LogP contribution is -2.43. The van der Waals surface area contributed by atoms with Crippen LogP contribution in [0.25, 0.3) is 11.0 Å². The third kappa shape index (κ3) is 5.16. The number of carbonyl (C=O) groups excluding carboxylic acids is 3. The lowest BCUT2D eigenvalue weighted by molar-refractivity contribution is -0.136. The average molecular weight is 450 g/mol. The van der Waals surface area contributed by atoms with E-state index < -0.39 is 11.8 Å². The van der Waals surface area contributed by atoms with Gasteiger partial charge < -0.3 is 24.7 Å². The Balaban J connectivity index is 1.25. The predicted octanol–water partition coefficient (Wildman–Crippen LogP) is 3.36. The Bertz CT molecular complexity index is 1140. The monoisotopic (exact) mass is 449 g/mol. The fourth-order valence-electron chi connectivity index (χ4n) is 4.00. The molecule has 1 saturated heterocycles. The first-order chi connectivity index (χ1) is 15.9. The third-order valence-electron chi connectivity index (χ3n) is 5.90. The van der Waals surface area contributed by atoms with E-state index in [1.165, 1.54) is 7.11 Å². The van der Waals surface area contributed by atoms with Gasteiger partial charge >= 0.3 is 11.8 Å². The lowest BCUT2D eigenvalue weighted by atomic mass is 9.96. The number of hydrogen-bond donors (Lipinski definition) is 2. The number of benzene rings is 2. The molecule has 0 radical (unpaired) electrons. The van der Waals surface area contributed by atoms with Crippen molar-refractivity contribution in [1.82, 2.24) is 10.2 Å². The van der Waals surface area contributed by atoms with Crippen LogP contribution in [-0.2, 0) is 9.59 Å². The molecule has 2 N–H and O–H groups in total. The Labute approximate surface area is 191 Å². The van der Waals surface area contributed by atoms with Gasteiger partial charge in [0.25, 0.3) is 5.91 Å². The Morgan fingerprint density at radius 1 is 1.06 bits per heavy atom. The molecule has 0 bridgehead atoms. The largest absolute Gasteiger partial charge is 0.495 e. The number of aryl methyl sites for hydroxylation is 1. The summed E-state index contributed by atoms with van der Waals surface area (Å²) in [4.78, 5) is 39.1. The van der Waals surface area contributed by atoms with Crippen molar-refractivity contribution in [1.29, 1.82) is 0 Å². The third-order valence-corrected chi connectivity index (χ3v) is 5.90. The molecule has 1 aliphatic heterocycles.